The maximum atomic E-state index is 12.1. The normalized spacial score (nSPS) is 12.0. The minimum atomic E-state index is -0.650. The number of carbonyl (C=O) groups excluding carboxylic acids is 2. The number of nitrogens with zero attached hydrogens (tertiary/aromatic N) is 1. The first-order valence-corrected chi connectivity index (χ1v) is 6.41. The van der Waals surface area contributed by atoms with Crippen molar-refractivity contribution < 1.29 is 19.2 Å². The van der Waals surface area contributed by atoms with Gasteiger partial charge in [-0.2, -0.15) is 0 Å². The zero-order valence-electron chi connectivity index (χ0n) is 12.0. The Morgan fingerprint density at radius 2 is 2.10 bits per heavy atom. The van der Waals surface area contributed by atoms with Crippen molar-refractivity contribution in [1.29, 1.82) is 0 Å². The van der Waals surface area contributed by atoms with E-state index in [0.717, 1.165) is 0 Å². The van der Waals surface area contributed by atoms with Gasteiger partial charge in [-0.25, -0.2) is 5.48 Å². The van der Waals surface area contributed by atoms with Gasteiger partial charge in [-0.15, -0.1) is 0 Å². The molecule has 0 radical (unpaired) electrons. The second-order valence-electron chi connectivity index (χ2n) is 4.76. The molecule has 2 aromatic rings. The monoisotopic (exact) mass is 291 g/mol. The number of furan rings is 1. The van der Waals surface area contributed by atoms with Gasteiger partial charge in [-0.05, 0) is 32.0 Å². The van der Waals surface area contributed by atoms with E-state index < -0.39 is 11.9 Å². The molecule has 0 bridgehead atoms. The summed E-state index contributed by atoms with van der Waals surface area (Å²) < 4.78 is 7.16. The summed E-state index contributed by atoms with van der Waals surface area (Å²) >= 11 is 0. The highest BCUT2D eigenvalue weighted by Gasteiger charge is 2.20. The van der Waals surface area contributed by atoms with Crippen molar-refractivity contribution in [1.82, 2.24) is 15.4 Å². The molecule has 1 atom stereocenters. The molecule has 112 valence electrons. The number of aryl methyl sites for hydroxylation is 2. The van der Waals surface area contributed by atoms with Crippen LogP contribution >= 0.6 is 0 Å². The van der Waals surface area contributed by atoms with Gasteiger partial charge in [0.05, 0.1) is 11.6 Å². The molecule has 21 heavy (non-hydrogen) atoms. The number of hydroxylamine groups is 1. The molecule has 0 aliphatic heterocycles. The van der Waals surface area contributed by atoms with Gasteiger partial charge in [-0.3, -0.25) is 14.8 Å². The first-order valence-electron chi connectivity index (χ1n) is 6.41. The van der Waals surface area contributed by atoms with Crippen molar-refractivity contribution in [2.45, 2.75) is 19.9 Å². The topological polar surface area (TPSA) is 96.5 Å². The molecule has 0 aromatic carbocycles. The van der Waals surface area contributed by atoms with E-state index >= 15 is 0 Å². The fourth-order valence-electron chi connectivity index (χ4n) is 2.04. The standard InChI is InChI=1S/C14H17N3O4/c1-8(15-14(19)11-5-4-6-17(11)3)12-7-10(9(2)21-12)13(18)16-20/h4-8,20H,1-3H3,(H,15,19)(H,16,18)/t8-/m0/s1. The van der Waals surface area contributed by atoms with Crippen LogP contribution in [0.15, 0.2) is 28.8 Å². The molecule has 0 saturated heterocycles. The molecule has 0 aliphatic rings. The molecule has 2 rings (SSSR count). The van der Waals surface area contributed by atoms with Gasteiger partial charge in [-0.1, -0.05) is 0 Å². The van der Waals surface area contributed by atoms with Crippen molar-refractivity contribution in [3.05, 3.63) is 47.2 Å². The second-order valence-corrected chi connectivity index (χ2v) is 4.76. The van der Waals surface area contributed by atoms with E-state index in [4.69, 9.17) is 9.62 Å². The zero-order valence-corrected chi connectivity index (χ0v) is 12.0. The lowest BCUT2D eigenvalue weighted by Gasteiger charge is -2.11. The number of hydrogen-bond donors (Lipinski definition) is 3. The Hall–Kier alpha value is -2.54. The number of aromatic nitrogens is 1. The molecule has 2 aromatic heterocycles. The Bertz CT molecular complexity index is 672. The van der Waals surface area contributed by atoms with Crippen LogP contribution < -0.4 is 10.8 Å². The summed E-state index contributed by atoms with van der Waals surface area (Å²) in [5.41, 5.74) is 2.31. The van der Waals surface area contributed by atoms with Gasteiger partial charge in [0.2, 0.25) is 0 Å². The van der Waals surface area contributed by atoms with Crippen LogP contribution in [0.25, 0.3) is 0 Å². The third-order valence-electron chi connectivity index (χ3n) is 3.23. The highest BCUT2D eigenvalue weighted by Crippen LogP contribution is 2.21. The van der Waals surface area contributed by atoms with Crippen LogP contribution in [-0.2, 0) is 7.05 Å². The first kappa shape index (κ1) is 14.9. The third-order valence-corrected chi connectivity index (χ3v) is 3.23. The van der Waals surface area contributed by atoms with Gasteiger partial charge in [0.15, 0.2) is 0 Å². The molecule has 0 unspecified atom stereocenters. The zero-order chi connectivity index (χ0) is 15.6. The van der Waals surface area contributed by atoms with Crippen molar-refractivity contribution in [3.63, 3.8) is 0 Å². The lowest BCUT2D eigenvalue weighted by atomic mass is 10.2. The highest BCUT2D eigenvalue weighted by molar-refractivity contribution is 5.95. The van der Waals surface area contributed by atoms with E-state index in [1.807, 2.05) is 0 Å². The largest absolute Gasteiger partial charge is 0.463 e. The number of hydrogen-bond acceptors (Lipinski definition) is 4. The minimum Gasteiger partial charge on any atom is -0.463 e. The number of amides is 2. The summed E-state index contributed by atoms with van der Waals surface area (Å²) in [6, 6.07) is 4.57. The van der Waals surface area contributed by atoms with Crippen molar-refractivity contribution >= 4 is 11.8 Å². The molecular weight excluding hydrogens is 274 g/mol. The smallest absolute Gasteiger partial charge is 0.278 e. The van der Waals surface area contributed by atoms with E-state index in [2.05, 4.69) is 5.32 Å². The first-order chi connectivity index (χ1) is 9.93. The van der Waals surface area contributed by atoms with Gasteiger partial charge in [0.25, 0.3) is 11.8 Å². The van der Waals surface area contributed by atoms with Crippen LogP contribution in [0.5, 0.6) is 0 Å². The molecule has 0 fully saturated rings. The van der Waals surface area contributed by atoms with Crippen molar-refractivity contribution in [2.75, 3.05) is 0 Å². The average Bonchev–Trinajstić information content (AvgIpc) is 3.04. The molecule has 0 spiro atoms. The molecule has 2 heterocycles. The quantitative estimate of drug-likeness (QED) is 0.588. The Kier molecular flexibility index (Phi) is 4.13. The molecular formula is C14H17N3O4. The predicted octanol–water partition coefficient (Wildman–Crippen LogP) is 1.54. The summed E-state index contributed by atoms with van der Waals surface area (Å²) in [6.07, 6.45) is 1.78. The molecule has 2 amide bonds. The molecule has 0 aliphatic carbocycles. The molecule has 3 N–H and O–H groups in total. The summed E-state index contributed by atoms with van der Waals surface area (Å²) in [6.45, 7) is 3.36. The van der Waals surface area contributed by atoms with Crippen molar-refractivity contribution in [3.8, 4) is 0 Å². The minimum absolute atomic E-state index is 0.229. The average molecular weight is 291 g/mol. The lowest BCUT2D eigenvalue weighted by molar-refractivity contribution is 0.0704. The summed E-state index contributed by atoms with van der Waals surface area (Å²) in [4.78, 5) is 23.5. The summed E-state index contributed by atoms with van der Waals surface area (Å²) in [5, 5.41) is 11.4. The molecule has 7 heteroatoms. The summed E-state index contributed by atoms with van der Waals surface area (Å²) in [5.74, 6) is -0.0779. The number of rotatable bonds is 4. The van der Waals surface area contributed by atoms with Crippen LogP contribution in [0.4, 0.5) is 0 Å². The third kappa shape index (κ3) is 2.97. The van der Waals surface area contributed by atoms with Gasteiger partial charge in [0, 0.05) is 13.2 Å². The fourth-order valence-corrected chi connectivity index (χ4v) is 2.04. The van der Waals surface area contributed by atoms with E-state index in [9.17, 15) is 9.59 Å². The van der Waals surface area contributed by atoms with Crippen molar-refractivity contribution in [2.24, 2.45) is 7.05 Å². The van der Waals surface area contributed by atoms with E-state index in [0.29, 0.717) is 17.2 Å². The van der Waals surface area contributed by atoms with Crippen LogP contribution in [0.2, 0.25) is 0 Å². The van der Waals surface area contributed by atoms with Gasteiger partial charge < -0.3 is 14.3 Å². The van der Waals surface area contributed by atoms with E-state index in [-0.39, 0.29) is 11.5 Å². The Morgan fingerprint density at radius 3 is 2.67 bits per heavy atom. The fraction of sp³-hybridized carbons (Fsp3) is 0.286. The molecule has 0 saturated carbocycles. The lowest BCUT2D eigenvalue weighted by Crippen LogP contribution is -2.28. The number of nitrogens with one attached hydrogen (secondary N) is 2. The number of carbonyl (C=O) groups is 2. The van der Waals surface area contributed by atoms with Crippen LogP contribution in [0.1, 0.15) is 45.3 Å². The summed E-state index contributed by atoms with van der Waals surface area (Å²) in [7, 11) is 1.78. The van der Waals surface area contributed by atoms with Crippen LogP contribution in [-0.4, -0.2) is 21.6 Å². The Morgan fingerprint density at radius 1 is 1.38 bits per heavy atom. The van der Waals surface area contributed by atoms with Gasteiger partial charge >= 0.3 is 0 Å². The maximum absolute atomic E-state index is 12.1. The second kappa shape index (κ2) is 5.84. The highest BCUT2D eigenvalue weighted by atomic mass is 16.5. The molecule has 7 nitrogen and oxygen atoms in total. The SMILES string of the molecule is Cc1oc([C@H](C)NC(=O)c2cccn2C)cc1C(=O)NO. The van der Waals surface area contributed by atoms with Crippen LogP contribution in [0, 0.1) is 6.92 Å². The van der Waals surface area contributed by atoms with E-state index in [1.165, 1.54) is 6.07 Å². The maximum Gasteiger partial charge on any atom is 0.278 e. The Labute approximate surface area is 121 Å². The van der Waals surface area contributed by atoms with Crippen LogP contribution in [0.3, 0.4) is 0 Å². The van der Waals surface area contributed by atoms with Gasteiger partial charge in [0.1, 0.15) is 17.2 Å². The van der Waals surface area contributed by atoms with E-state index in [1.54, 1.807) is 49.3 Å². The predicted molar refractivity (Wildman–Crippen MR) is 74.0 cm³/mol. The Balaban J connectivity index is 2.14.